The summed E-state index contributed by atoms with van der Waals surface area (Å²) >= 11 is 2.45. The Labute approximate surface area is 288 Å². The SMILES string of the molecule is COc1ccc(CN)cc1F.COc1ccc(CNC(=O)c2cc3c(C)c(C)nnc3s2)cc1F.Cc1nnc2sc(C(=O)O)cc2c1C. The van der Waals surface area contributed by atoms with Crippen molar-refractivity contribution in [1.29, 1.82) is 0 Å². The molecule has 4 aromatic heterocycles. The third kappa shape index (κ3) is 8.87. The molecule has 0 saturated carbocycles. The Hall–Kier alpha value is -5.12. The van der Waals surface area contributed by atoms with Crippen LogP contribution in [0, 0.1) is 39.3 Å². The number of carbonyl (C=O) groups is 2. The predicted octanol–water partition coefficient (Wildman–Crippen LogP) is 6.69. The molecule has 0 aliphatic heterocycles. The van der Waals surface area contributed by atoms with Gasteiger partial charge in [0.15, 0.2) is 23.1 Å². The zero-order valence-corrected chi connectivity index (χ0v) is 29.2. The summed E-state index contributed by atoms with van der Waals surface area (Å²) < 4.78 is 36.1. The number of nitrogens with zero attached hydrogens (tertiary/aromatic N) is 4. The highest BCUT2D eigenvalue weighted by molar-refractivity contribution is 7.20. The van der Waals surface area contributed by atoms with Crippen molar-refractivity contribution in [3.05, 3.63) is 104 Å². The number of hydrogen-bond acceptors (Lipinski definition) is 11. The smallest absolute Gasteiger partial charge is 0.345 e. The number of carbonyl (C=O) groups excluding carboxylic acids is 1. The van der Waals surface area contributed by atoms with Crippen LogP contribution in [0.5, 0.6) is 11.5 Å². The van der Waals surface area contributed by atoms with Gasteiger partial charge in [-0.15, -0.1) is 32.9 Å². The highest BCUT2D eigenvalue weighted by atomic mass is 32.1. The molecule has 0 unspecified atom stereocenters. The molecule has 6 rings (SSSR count). The highest BCUT2D eigenvalue weighted by Gasteiger charge is 2.15. The van der Waals surface area contributed by atoms with Gasteiger partial charge in [-0.05, 0) is 86.3 Å². The molecule has 0 atom stereocenters. The first kappa shape index (κ1) is 36.7. The topological polar surface area (TPSA) is 162 Å². The molecular formula is C34H34F2N6O5S2. The van der Waals surface area contributed by atoms with Crippen LogP contribution in [0.2, 0.25) is 0 Å². The number of carboxylic acid groups (broad SMARTS) is 1. The minimum Gasteiger partial charge on any atom is -0.494 e. The maximum absolute atomic E-state index is 13.7. The van der Waals surface area contributed by atoms with Crippen molar-refractivity contribution in [3.8, 4) is 11.5 Å². The molecule has 0 radical (unpaired) electrons. The van der Waals surface area contributed by atoms with Crippen LogP contribution in [0.15, 0.2) is 48.5 Å². The second-order valence-corrected chi connectivity index (χ2v) is 12.7. The number of ether oxygens (including phenoxy) is 2. The maximum Gasteiger partial charge on any atom is 0.345 e. The van der Waals surface area contributed by atoms with E-state index in [0.717, 1.165) is 55.0 Å². The molecule has 2 aromatic carbocycles. The Kier molecular flexibility index (Phi) is 12.2. The van der Waals surface area contributed by atoms with Crippen LogP contribution in [-0.4, -0.2) is 51.6 Å². The summed E-state index contributed by atoms with van der Waals surface area (Å²) in [5, 5.41) is 29.5. The van der Waals surface area contributed by atoms with Gasteiger partial charge in [0, 0.05) is 23.9 Å². The third-order valence-electron chi connectivity index (χ3n) is 7.46. The lowest BCUT2D eigenvalue weighted by Gasteiger charge is -2.06. The first-order valence-electron chi connectivity index (χ1n) is 14.7. The van der Waals surface area contributed by atoms with Gasteiger partial charge in [-0.3, -0.25) is 4.79 Å². The summed E-state index contributed by atoms with van der Waals surface area (Å²) in [6.45, 7) is 8.21. The van der Waals surface area contributed by atoms with E-state index in [2.05, 4.69) is 25.7 Å². The van der Waals surface area contributed by atoms with E-state index in [0.29, 0.717) is 26.7 Å². The molecule has 0 bridgehead atoms. The lowest BCUT2D eigenvalue weighted by Crippen LogP contribution is -2.21. The van der Waals surface area contributed by atoms with Crippen LogP contribution in [0.3, 0.4) is 0 Å². The van der Waals surface area contributed by atoms with Crippen molar-refractivity contribution in [2.45, 2.75) is 40.8 Å². The molecule has 0 spiro atoms. The summed E-state index contributed by atoms with van der Waals surface area (Å²) in [5.74, 6) is -1.51. The van der Waals surface area contributed by atoms with Gasteiger partial charge in [0.2, 0.25) is 0 Å². The number of carboxylic acids is 1. The van der Waals surface area contributed by atoms with Gasteiger partial charge in [0.25, 0.3) is 5.91 Å². The lowest BCUT2D eigenvalue weighted by atomic mass is 10.2. The van der Waals surface area contributed by atoms with Gasteiger partial charge in [-0.25, -0.2) is 13.6 Å². The normalized spacial score (nSPS) is 10.6. The summed E-state index contributed by atoms with van der Waals surface area (Å²) in [7, 11) is 2.84. The quantitative estimate of drug-likeness (QED) is 0.163. The van der Waals surface area contributed by atoms with Gasteiger partial charge in [0.05, 0.1) is 30.5 Å². The first-order valence-corrected chi connectivity index (χ1v) is 16.3. The lowest BCUT2D eigenvalue weighted by molar-refractivity contribution is 0.0702. The number of aryl methyl sites for hydroxylation is 4. The monoisotopic (exact) mass is 708 g/mol. The van der Waals surface area contributed by atoms with Crippen molar-refractivity contribution >= 4 is 55.0 Å². The Morgan fingerprint density at radius 2 is 1.22 bits per heavy atom. The summed E-state index contributed by atoms with van der Waals surface area (Å²) in [6.07, 6.45) is 0. The van der Waals surface area contributed by atoms with E-state index >= 15 is 0 Å². The summed E-state index contributed by atoms with van der Waals surface area (Å²) in [5.41, 5.74) is 10.4. The van der Waals surface area contributed by atoms with Crippen LogP contribution < -0.4 is 20.5 Å². The highest BCUT2D eigenvalue weighted by Crippen LogP contribution is 2.28. The number of amides is 1. The fourth-order valence-electron chi connectivity index (χ4n) is 4.37. The fourth-order valence-corrected chi connectivity index (χ4v) is 6.20. The molecule has 1 amide bonds. The number of aromatic carboxylic acids is 1. The van der Waals surface area contributed by atoms with E-state index in [1.54, 1.807) is 24.3 Å². The number of rotatable bonds is 7. The van der Waals surface area contributed by atoms with E-state index in [1.807, 2.05) is 33.8 Å². The van der Waals surface area contributed by atoms with Crippen molar-refractivity contribution in [2.75, 3.05) is 14.2 Å². The van der Waals surface area contributed by atoms with Crippen molar-refractivity contribution in [2.24, 2.45) is 5.73 Å². The number of aromatic nitrogens is 4. The zero-order chi connectivity index (χ0) is 35.8. The number of methoxy groups -OCH3 is 2. The molecule has 0 fully saturated rings. The van der Waals surface area contributed by atoms with E-state index in [1.165, 1.54) is 43.8 Å². The number of fused-ring (bicyclic) bond motifs is 2. The summed E-state index contributed by atoms with van der Waals surface area (Å²) in [4.78, 5) is 25.3. The molecule has 0 saturated heterocycles. The van der Waals surface area contributed by atoms with Crippen LogP contribution >= 0.6 is 22.7 Å². The van der Waals surface area contributed by atoms with Gasteiger partial charge in [-0.2, -0.15) is 10.2 Å². The number of nitrogens with two attached hydrogens (primary N) is 1. The molecule has 4 heterocycles. The van der Waals surface area contributed by atoms with E-state index < -0.39 is 11.8 Å². The van der Waals surface area contributed by atoms with Crippen LogP contribution in [0.1, 0.15) is 53.0 Å². The second-order valence-electron chi connectivity index (χ2n) is 10.6. The van der Waals surface area contributed by atoms with Crippen molar-refractivity contribution in [1.82, 2.24) is 25.7 Å². The Morgan fingerprint density at radius 1 is 0.755 bits per heavy atom. The zero-order valence-electron chi connectivity index (χ0n) is 27.6. The van der Waals surface area contributed by atoms with E-state index in [-0.39, 0.29) is 29.8 Å². The standard InChI is InChI=1S/C17H16FN3O2S.C9H8N2O2S.C8H10FNO/c1-9-10(2)20-21-17-12(9)7-15(24-17)16(22)19-8-11-4-5-14(23-3)13(18)6-11;1-4-5(2)10-11-8-6(4)3-7(14-8)9(12)13;1-11-8-3-2-6(5-10)4-7(8)9/h4-7H,8H2,1-3H3,(H,19,22);3H,1-2H3,(H,12,13);2-4H,5,10H2,1H3. The average molecular weight is 709 g/mol. The molecular weight excluding hydrogens is 675 g/mol. The third-order valence-corrected chi connectivity index (χ3v) is 9.48. The minimum absolute atomic E-state index is 0.180. The van der Waals surface area contributed by atoms with Crippen molar-refractivity contribution < 1.29 is 33.0 Å². The van der Waals surface area contributed by atoms with Crippen LogP contribution in [-0.2, 0) is 13.1 Å². The molecule has 0 aliphatic carbocycles. The van der Waals surface area contributed by atoms with Gasteiger partial charge in [-0.1, -0.05) is 12.1 Å². The predicted molar refractivity (Wildman–Crippen MR) is 186 cm³/mol. The maximum atomic E-state index is 13.7. The molecule has 0 aliphatic rings. The molecule has 6 aromatic rings. The minimum atomic E-state index is -0.912. The number of benzene rings is 2. The molecule has 15 heteroatoms. The number of thiophene rings is 2. The Balaban J connectivity index is 0.000000183. The van der Waals surface area contributed by atoms with Crippen LogP contribution in [0.4, 0.5) is 8.78 Å². The fraction of sp³-hybridized carbons (Fsp3) is 0.235. The number of nitrogens with one attached hydrogen (secondary N) is 1. The van der Waals surface area contributed by atoms with E-state index in [4.69, 9.17) is 20.3 Å². The first-order chi connectivity index (χ1) is 23.4. The molecule has 11 nitrogen and oxygen atoms in total. The molecule has 4 N–H and O–H groups in total. The Morgan fingerprint density at radius 3 is 1.69 bits per heavy atom. The van der Waals surface area contributed by atoms with Gasteiger partial charge in [0.1, 0.15) is 14.5 Å². The summed E-state index contributed by atoms with van der Waals surface area (Å²) in [6, 6.07) is 12.8. The van der Waals surface area contributed by atoms with Gasteiger partial charge < -0.3 is 25.6 Å². The number of halogens is 2. The number of hydrogen-bond donors (Lipinski definition) is 3. The molecule has 49 heavy (non-hydrogen) atoms. The molecule has 256 valence electrons. The van der Waals surface area contributed by atoms with Crippen LogP contribution in [0.25, 0.3) is 20.4 Å². The second kappa shape index (κ2) is 16.3. The van der Waals surface area contributed by atoms with Gasteiger partial charge >= 0.3 is 5.97 Å². The Bertz CT molecular complexity index is 2140. The average Bonchev–Trinajstić information content (AvgIpc) is 3.74. The largest absolute Gasteiger partial charge is 0.494 e. The van der Waals surface area contributed by atoms with E-state index in [9.17, 15) is 18.4 Å². The van der Waals surface area contributed by atoms with Crippen molar-refractivity contribution in [3.63, 3.8) is 0 Å².